The lowest BCUT2D eigenvalue weighted by molar-refractivity contribution is -0.132. The van der Waals surface area contributed by atoms with Crippen molar-refractivity contribution in [2.75, 3.05) is 39.3 Å². The molecule has 0 aliphatic carbocycles. The fraction of sp³-hybridized carbons (Fsp3) is 0.923. The molecular formula is C13H27N3O. The van der Waals surface area contributed by atoms with Gasteiger partial charge in [0.25, 0.3) is 0 Å². The molecule has 0 radical (unpaired) electrons. The van der Waals surface area contributed by atoms with E-state index < -0.39 is 0 Å². The molecule has 1 N–H and O–H groups in total. The van der Waals surface area contributed by atoms with Gasteiger partial charge in [0.05, 0.1) is 6.54 Å². The zero-order valence-corrected chi connectivity index (χ0v) is 11.5. The molecule has 1 fully saturated rings. The molecule has 0 unspecified atom stereocenters. The van der Waals surface area contributed by atoms with Crippen LogP contribution in [0, 0.1) is 0 Å². The molecule has 100 valence electrons. The molecule has 1 saturated heterocycles. The molecule has 0 bridgehead atoms. The summed E-state index contributed by atoms with van der Waals surface area (Å²) in [4.78, 5) is 16.3. The van der Waals surface area contributed by atoms with Crippen molar-refractivity contribution in [3.8, 4) is 0 Å². The average molecular weight is 241 g/mol. The highest BCUT2D eigenvalue weighted by atomic mass is 16.2. The lowest BCUT2D eigenvalue weighted by Crippen LogP contribution is -2.51. The lowest BCUT2D eigenvalue weighted by Gasteiger charge is -2.34. The summed E-state index contributed by atoms with van der Waals surface area (Å²) >= 11 is 0. The Kier molecular flexibility index (Phi) is 6.52. The molecule has 1 rings (SSSR count). The molecule has 17 heavy (non-hydrogen) atoms. The molecule has 1 heterocycles. The van der Waals surface area contributed by atoms with Crippen molar-refractivity contribution in [2.24, 2.45) is 0 Å². The van der Waals surface area contributed by atoms with E-state index in [1.807, 2.05) is 4.90 Å². The Bertz CT molecular complexity index is 223. The van der Waals surface area contributed by atoms with Gasteiger partial charge in [0, 0.05) is 32.2 Å². The Hall–Kier alpha value is -0.610. The highest BCUT2D eigenvalue weighted by Crippen LogP contribution is 2.03. The van der Waals surface area contributed by atoms with Crippen molar-refractivity contribution in [2.45, 2.75) is 39.7 Å². The lowest BCUT2D eigenvalue weighted by atomic mass is 10.2. The van der Waals surface area contributed by atoms with Gasteiger partial charge in [0.2, 0.25) is 5.91 Å². The molecule has 4 heteroatoms. The van der Waals surface area contributed by atoms with Crippen molar-refractivity contribution in [3.05, 3.63) is 0 Å². The standard InChI is InChI=1S/C13H27N3O/c1-4-5-6-15-7-9-16(10-8-15)13(17)11-14-12(2)3/h12,14H,4-11H2,1-3H3. The normalized spacial score (nSPS) is 17.8. The third-order valence-corrected chi connectivity index (χ3v) is 3.21. The van der Waals surface area contributed by atoms with Crippen LogP contribution < -0.4 is 5.32 Å². The molecule has 0 aromatic carbocycles. The monoisotopic (exact) mass is 241 g/mol. The van der Waals surface area contributed by atoms with E-state index >= 15 is 0 Å². The van der Waals surface area contributed by atoms with Crippen LogP contribution in [0.4, 0.5) is 0 Å². The van der Waals surface area contributed by atoms with Crippen LogP contribution in [0.2, 0.25) is 0 Å². The zero-order valence-electron chi connectivity index (χ0n) is 11.5. The first-order valence-electron chi connectivity index (χ1n) is 6.87. The van der Waals surface area contributed by atoms with E-state index in [1.165, 1.54) is 19.4 Å². The SMILES string of the molecule is CCCCN1CCN(C(=O)CNC(C)C)CC1. The van der Waals surface area contributed by atoms with Crippen LogP contribution in [0.15, 0.2) is 0 Å². The quantitative estimate of drug-likeness (QED) is 0.751. The zero-order chi connectivity index (χ0) is 12.7. The van der Waals surface area contributed by atoms with Gasteiger partial charge in [-0.3, -0.25) is 9.69 Å². The fourth-order valence-corrected chi connectivity index (χ4v) is 2.01. The molecular weight excluding hydrogens is 214 g/mol. The van der Waals surface area contributed by atoms with Crippen molar-refractivity contribution < 1.29 is 4.79 Å². The number of carbonyl (C=O) groups excluding carboxylic acids is 1. The molecule has 1 aliphatic rings. The highest BCUT2D eigenvalue weighted by molar-refractivity contribution is 5.78. The first-order valence-corrected chi connectivity index (χ1v) is 6.87. The van der Waals surface area contributed by atoms with Crippen LogP contribution in [-0.2, 0) is 4.79 Å². The number of piperazine rings is 1. The van der Waals surface area contributed by atoms with Gasteiger partial charge in [-0.05, 0) is 13.0 Å². The van der Waals surface area contributed by atoms with Gasteiger partial charge in [-0.15, -0.1) is 0 Å². The van der Waals surface area contributed by atoms with Crippen molar-refractivity contribution in [3.63, 3.8) is 0 Å². The summed E-state index contributed by atoms with van der Waals surface area (Å²) in [6.45, 7) is 11.9. The maximum absolute atomic E-state index is 11.9. The van der Waals surface area contributed by atoms with Gasteiger partial charge >= 0.3 is 0 Å². The summed E-state index contributed by atoms with van der Waals surface area (Å²) in [5.41, 5.74) is 0. The van der Waals surface area contributed by atoms with E-state index in [4.69, 9.17) is 0 Å². The summed E-state index contributed by atoms with van der Waals surface area (Å²) < 4.78 is 0. The summed E-state index contributed by atoms with van der Waals surface area (Å²) in [5.74, 6) is 0.244. The van der Waals surface area contributed by atoms with Gasteiger partial charge in [-0.25, -0.2) is 0 Å². The molecule has 0 aromatic rings. The van der Waals surface area contributed by atoms with E-state index in [1.54, 1.807) is 0 Å². The minimum atomic E-state index is 0.244. The Morgan fingerprint density at radius 3 is 2.41 bits per heavy atom. The molecule has 1 amide bonds. The molecule has 0 saturated carbocycles. The molecule has 0 aromatic heterocycles. The third-order valence-electron chi connectivity index (χ3n) is 3.21. The second kappa shape index (κ2) is 7.67. The van der Waals surface area contributed by atoms with Crippen LogP contribution in [0.1, 0.15) is 33.6 Å². The van der Waals surface area contributed by atoms with E-state index in [0.717, 1.165) is 26.2 Å². The van der Waals surface area contributed by atoms with Crippen molar-refractivity contribution in [1.82, 2.24) is 15.1 Å². The largest absolute Gasteiger partial charge is 0.339 e. The van der Waals surface area contributed by atoms with Crippen LogP contribution >= 0.6 is 0 Å². The van der Waals surface area contributed by atoms with Crippen LogP contribution in [-0.4, -0.2) is 61.0 Å². The molecule has 0 spiro atoms. The van der Waals surface area contributed by atoms with Crippen LogP contribution in [0.25, 0.3) is 0 Å². The van der Waals surface area contributed by atoms with Crippen LogP contribution in [0.5, 0.6) is 0 Å². The van der Waals surface area contributed by atoms with Crippen molar-refractivity contribution in [1.29, 1.82) is 0 Å². The van der Waals surface area contributed by atoms with E-state index in [9.17, 15) is 4.79 Å². The van der Waals surface area contributed by atoms with Gasteiger partial charge in [0.1, 0.15) is 0 Å². The second-order valence-corrected chi connectivity index (χ2v) is 5.11. The summed E-state index contributed by atoms with van der Waals surface area (Å²) in [7, 11) is 0. The number of nitrogens with zero attached hydrogens (tertiary/aromatic N) is 2. The molecule has 1 aliphatic heterocycles. The number of nitrogens with one attached hydrogen (secondary N) is 1. The highest BCUT2D eigenvalue weighted by Gasteiger charge is 2.20. The second-order valence-electron chi connectivity index (χ2n) is 5.11. The smallest absolute Gasteiger partial charge is 0.236 e. The first-order chi connectivity index (χ1) is 8.13. The predicted octanol–water partition coefficient (Wildman–Crippen LogP) is 0.929. The van der Waals surface area contributed by atoms with Gasteiger partial charge in [-0.2, -0.15) is 0 Å². The van der Waals surface area contributed by atoms with Gasteiger partial charge < -0.3 is 10.2 Å². The van der Waals surface area contributed by atoms with Gasteiger partial charge in [-0.1, -0.05) is 27.2 Å². The number of unbranched alkanes of at least 4 members (excludes halogenated alkanes) is 1. The fourth-order valence-electron chi connectivity index (χ4n) is 2.01. The van der Waals surface area contributed by atoms with E-state index in [-0.39, 0.29) is 5.91 Å². The number of amides is 1. The summed E-state index contributed by atoms with van der Waals surface area (Å²) in [6.07, 6.45) is 2.51. The average Bonchev–Trinajstić information content (AvgIpc) is 2.34. The summed E-state index contributed by atoms with van der Waals surface area (Å²) in [6, 6.07) is 0.379. The van der Waals surface area contributed by atoms with Crippen LogP contribution in [0.3, 0.4) is 0 Å². The minimum absolute atomic E-state index is 0.244. The summed E-state index contributed by atoms with van der Waals surface area (Å²) in [5, 5.41) is 3.18. The topological polar surface area (TPSA) is 35.6 Å². The molecule has 4 nitrogen and oxygen atoms in total. The Morgan fingerprint density at radius 1 is 1.24 bits per heavy atom. The number of carbonyl (C=O) groups is 1. The molecule has 0 atom stereocenters. The number of rotatable bonds is 6. The van der Waals surface area contributed by atoms with E-state index in [2.05, 4.69) is 31.0 Å². The maximum Gasteiger partial charge on any atom is 0.236 e. The third kappa shape index (κ3) is 5.50. The number of hydrogen-bond acceptors (Lipinski definition) is 3. The predicted molar refractivity (Wildman–Crippen MR) is 71.1 cm³/mol. The van der Waals surface area contributed by atoms with Crippen molar-refractivity contribution >= 4 is 5.91 Å². The number of hydrogen-bond donors (Lipinski definition) is 1. The minimum Gasteiger partial charge on any atom is -0.339 e. The first kappa shape index (κ1) is 14.5. The Labute approximate surface area is 105 Å². The maximum atomic E-state index is 11.9. The van der Waals surface area contributed by atoms with E-state index in [0.29, 0.717) is 12.6 Å². The Morgan fingerprint density at radius 2 is 1.88 bits per heavy atom. The Balaban J connectivity index is 2.19. The van der Waals surface area contributed by atoms with Gasteiger partial charge in [0.15, 0.2) is 0 Å².